The molecule has 0 aromatic heterocycles. The van der Waals surface area contributed by atoms with Gasteiger partial charge in [-0.15, -0.1) is 0 Å². The number of hydrogen-bond donors (Lipinski definition) is 2. The van der Waals surface area contributed by atoms with Gasteiger partial charge in [-0.3, -0.25) is 0 Å². The summed E-state index contributed by atoms with van der Waals surface area (Å²) >= 11 is 0. The van der Waals surface area contributed by atoms with Gasteiger partial charge in [0.25, 0.3) is 0 Å². The highest BCUT2D eigenvalue weighted by molar-refractivity contribution is 5.80. The Morgan fingerprint density at radius 3 is 2.45 bits per heavy atom. The molecule has 2 N–H and O–H groups in total. The Hall–Kier alpha value is -2.48. The first kappa shape index (κ1) is 17.6. The number of aliphatic carboxylic acids is 1. The van der Waals surface area contributed by atoms with Gasteiger partial charge in [0.05, 0.1) is 0 Å². The Morgan fingerprint density at radius 1 is 1.27 bits per heavy atom. The molecule has 1 rings (SSSR count). The van der Waals surface area contributed by atoms with E-state index in [2.05, 4.69) is 17.2 Å². The van der Waals surface area contributed by atoms with Crippen LogP contribution in [-0.4, -0.2) is 23.2 Å². The van der Waals surface area contributed by atoms with E-state index in [1.807, 2.05) is 51.1 Å². The second-order valence-corrected chi connectivity index (χ2v) is 5.85. The molecule has 0 saturated heterocycles. The standard InChI is InChI=1S/C17H21NO4/c1-17(2,3)11-7-10-14(15(19)20)18-16(21)22-12-13-8-5-4-6-9-13/h4-6,8-9,14H,10,12H2,1-3H3,(H,18,21)(H,19,20). The van der Waals surface area contributed by atoms with E-state index in [1.165, 1.54) is 0 Å². The molecule has 5 nitrogen and oxygen atoms in total. The topological polar surface area (TPSA) is 75.6 Å². The summed E-state index contributed by atoms with van der Waals surface area (Å²) in [4.78, 5) is 22.8. The lowest BCUT2D eigenvalue weighted by Crippen LogP contribution is -2.40. The molecule has 5 heteroatoms. The van der Waals surface area contributed by atoms with Crippen LogP contribution in [0.4, 0.5) is 4.79 Å². The number of hydrogen-bond acceptors (Lipinski definition) is 3. The van der Waals surface area contributed by atoms with Crippen molar-refractivity contribution in [1.29, 1.82) is 0 Å². The normalized spacial score (nSPS) is 11.8. The Balaban J connectivity index is 2.50. The fourth-order valence-corrected chi connectivity index (χ4v) is 1.53. The summed E-state index contributed by atoms with van der Waals surface area (Å²) in [6, 6.07) is 8.07. The van der Waals surface area contributed by atoms with Crippen molar-refractivity contribution in [3.05, 3.63) is 35.9 Å². The predicted molar refractivity (Wildman–Crippen MR) is 83.0 cm³/mol. The monoisotopic (exact) mass is 303 g/mol. The van der Waals surface area contributed by atoms with Crippen molar-refractivity contribution in [1.82, 2.24) is 5.32 Å². The molecule has 0 aliphatic heterocycles. The van der Waals surface area contributed by atoms with Crippen LogP contribution < -0.4 is 5.32 Å². The largest absolute Gasteiger partial charge is 0.480 e. The first-order chi connectivity index (χ1) is 10.3. The Morgan fingerprint density at radius 2 is 1.91 bits per heavy atom. The summed E-state index contributed by atoms with van der Waals surface area (Å²) < 4.78 is 4.99. The number of benzene rings is 1. The van der Waals surface area contributed by atoms with E-state index in [1.54, 1.807) is 0 Å². The van der Waals surface area contributed by atoms with E-state index >= 15 is 0 Å². The van der Waals surface area contributed by atoms with Gasteiger partial charge < -0.3 is 15.2 Å². The van der Waals surface area contributed by atoms with E-state index < -0.39 is 18.1 Å². The van der Waals surface area contributed by atoms with Gasteiger partial charge in [0.2, 0.25) is 0 Å². The summed E-state index contributed by atoms with van der Waals surface area (Å²) in [5.74, 6) is 4.58. The fraction of sp³-hybridized carbons (Fsp3) is 0.412. The minimum Gasteiger partial charge on any atom is -0.480 e. The molecule has 1 amide bonds. The Labute approximate surface area is 130 Å². The number of rotatable bonds is 5. The minimum atomic E-state index is -1.14. The van der Waals surface area contributed by atoms with Gasteiger partial charge in [0.1, 0.15) is 12.6 Å². The average molecular weight is 303 g/mol. The van der Waals surface area contributed by atoms with E-state index in [0.29, 0.717) is 0 Å². The van der Waals surface area contributed by atoms with Crippen LogP contribution in [0.2, 0.25) is 0 Å². The maximum absolute atomic E-state index is 11.6. The summed E-state index contributed by atoms with van der Waals surface area (Å²) in [6.07, 6.45) is -0.735. The van der Waals surface area contributed by atoms with E-state index in [0.717, 1.165) is 5.56 Å². The van der Waals surface area contributed by atoms with Gasteiger partial charge >= 0.3 is 12.1 Å². The molecular formula is C17H21NO4. The van der Waals surface area contributed by atoms with Crippen molar-refractivity contribution in [2.45, 2.75) is 39.8 Å². The molecule has 118 valence electrons. The van der Waals surface area contributed by atoms with Gasteiger partial charge in [-0.25, -0.2) is 9.59 Å². The van der Waals surface area contributed by atoms with Crippen molar-refractivity contribution in [3.8, 4) is 11.8 Å². The number of amides is 1. The average Bonchev–Trinajstić information content (AvgIpc) is 2.43. The zero-order valence-corrected chi connectivity index (χ0v) is 13.1. The molecule has 0 aliphatic rings. The van der Waals surface area contributed by atoms with Crippen molar-refractivity contribution < 1.29 is 19.4 Å². The van der Waals surface area contributed by atoms with Gasteiger partial charge in [-0.05, 0) is 26.3 Å². The highest BCUT2D eigenvalue weighted by Crippen LogP contribution is 2.10. The Bertz CT molecular complexity index is 564. The van der Waals surface area contributed by atoms with Gasteiger partial charge in [-0.1, -0.05) is 42.2 Å². The van der Waals surface area contributed by atoms with Gasteiger partial charge in [0.15, 0.2) is 0 Å². The number of carbonyl (C=O) groups is 2. The maximum atomic E-state index is 11.6. The summed E-state index contributed by atoms with van der Waals surface area (Å²) in [5, 5.41) is 11.4. The molecule has 1 atom stereocenters. The first-order valence-electron chi connectivity index (χ1n) is 6.98. The van der Waals surface area contributed by atoms with Crippen LogP contribution in [0.15, 0.2) is 30.3 Å². The zero-order valence-electron chi connectivity index (χ0n) is 13.1. The van der Waals surface area contributed by atoms with Crippen LogP contribution in [0.1, 0.15) is 32.8 Å². The third-order valence-electron chi connectivity index (χ3n) is 2.57. The molecule has 1 aromatic carbocycles. The van der Waals surface area contributed by atoms with Gasteiger partial charge in [0, 0.05) is 11.8 Å². The zero-order chi connectivity index (χ0) is 16.6. The number of carboxylic acids is 1. The number of alkyl carbamates (subject to hydrolysis) is 1. The van der Waals surface area contributed by atoms with Crippen molar-refractivity contribution in [2.75, 3.05) is 0 Å². The summed E-state index contributed by atoms with van der Waals surface area (Å²) in [7, 11) is 0. The maximum Gasteiger partial charge on any atom is 0.408 e. The Kier molecular flexibility index (Phi) is 6.46. The minimum absolute atomic E-state index is 0.0348. The van der Waals surface area contributed by atoms with Crippen molar-refractivity contribution >= 4 is 12.1 Å². The third-order valence-corrected chi connectivity index (χ3v) is 2.57. The van der Waals surface area contributed by atoms with Crippen LogP contribution in [0.3, 0.4) is 0 Å². The lowest BCUT2D eigenvalue weighted by molar-refractivity contribution is -0.139. The molecule has 22 heavy (non-hydrogen) atoms. The molecule has 0 fully saturated rings. The lowest BCUT2D eigenvalue weighted by atomic mass is 9.97. The number of ether oxygens (including phenoxy) is 1. The van der Waals surface area contributed by atoms with Crippen molar-refractivity contribution in [3.63, 3.8) is 0 Å². The van der Waals surface area contributed by atoms with E-state index in [9.17, 15) is 9.59 Å². The first-order valence-corrected chi connectivity index (χ1v) is 6.98. The molecule has 0 heterocycles. The number of nitrogens with one attached hydrogen (secondary N) is 1. The molecular weight excluding hydrogens is 282 g/mol. The molecule has 1 aromatic rings. The van der Waals surface area contributed by atoms with Crippen LogP contribution >= 0.6 is 0 Å². The third kappa shape index (κ3) is 7.34. The fourth-order valence-electron chi connectivity index (χ4n) is 1.53. The lowest BCUT2D eigenvalue weighted by Gasteiger charge is -2.13. The molecule has 0 radical (unpaired) electrons. The SMILES string of the molecule is CC(C)(C)C#CCC(NC(=O)OCc1ccccc1)C(=O)O. The van der Waals surface area contributed by atoms with E-state index in [4.69, 9.17) is 9.84 Å². The molecule has 0 spiro atoms. The molecule has 1 unspecified atom stereocenters. The quantitative estimate of drug-likeness (QED) is 0.820. The second-order valence-electron chi connectivity index (χ2n) is 5.85. The molecule has 0 saturated carbocycles. The number of carbonyl (C=O) groups excluding carboxylic acids is 1. The van der Waals surface area contributed by atoms with Crippen LogP contribution in [0, 0.1) is 17.3 Å². The van der Waals surface area contributed by atoms with Crippen molar-refractivity contribution in [2.24, 2.45) is 5.41 Å². The highest BCUT2D eigenvalue weighted by Gasteiger charge is 2.19. The van der Waals surface area contributed by atoms with Gasteiger partial charge in [-0.2, -0.15) is 0 Å². The molecule has 0 aliphatic carbocycles. The highest BCUT2D eigenvalue weighted by atomic mass is 16.5. The van der Waals surface area contributed by atoms with Crippen LogP contribution in [0.25, 0.3) is 0 Å². The number of carboxylic acid groups (broad SMARTS) is 1. The summed E-state index contributed by atoms with van der Waals surface area (Å²) in [6.45, 7) is 5.87. The summed E-state index contributed by atoms with van der Waals surface area (Å²) in [5.41, 5.74) is 0.619. The molecule has 0 bridgehead atoms. The van der Waals surface area contributed by atoms with E-state index in [-0.39, 0.29) is 18.4 Å². The van der Waals surface area contributed by atoms with Crippen LogP contribution in [-0.2, 0) is 16.1 Å². The predicted octanol–water partition coefficient (Wildman–Crippen LogP) is 2.81. The smallest absolute Gasteiger partial charge is 0.408 e. The van der Waals surface area contributed by atoms with Crippen LogP contribution in [0.5, 0.6) is 0 Å². The second kappa shape index (κ2) is 8.08.